The van der Waals surface area contributed by atoms with Gasteiger partial charge in [0.05, 0.1) is 22.0 Å². The third-order valence-corrected chi connectivity index (χ3v) is 4.09. The predicted molar refractivity (Wildman–Crippen MR) is 77.5 cm³/mol. The number of halogens is 1. The molecule has 0 aromatic carbocycles. The van der Waals surface area contributed by atoms with Gasteiger partial charge in [-0.1, -0.05) is 25.7 Å². The van der Waals surface area contributed by atoms with E-state index in [0.29, 0.717) is 12.2 Å². The van der Waals surface area contributed by atoms with Crippen molar-refractivity contribution in [3.05, 3.63) is 16.7 Å². The zero-order valence-electron chi connectivity index (χ0n) is 10.5. The summed E-state index contributed by atoms with van der Waals surface area (Å²) in [5, 5.41) is 13.7. The molecule has 18 heavy (non-hydrogen) atoms. The van der Waals surface area contributed by atoms with Crippen molar-refractivity contribution >= 4 is 27.4 Å². The molecule has 1 aliphatic rings. The van der Waals surface area contributed by atoms with Crippen molar-refractivity contribution in [2.75, 3.05) is 17.6 Å². The van der Waals surface area contributed by atoms with E-state index in [9.17, 15) is 5.11 Å². The summed E-state index contributed by atoms with van der Waals surface area (Å²) in [6, 6.07) is 1.81. The van der Waals surface area contributed by atoms with Gasteiger partial charge in [-0.2, -0.15) is 0 Å². The van der Waals surface area contributed by atoms with Crippen LogP contribution in [0.15, 0.2) is 16.7 Å². The second kappa shape index (κ2) is 5.89. The molecule has 0 amide bonds. The fourth-order valence-electron chi connectivity index (χ4n) is 2.39. The van der Waals surface area contributed by atoms with Crippen LogP contribution < -0.4 is 11.1 Å². The molecule has 0 aliphatic heterocycles. The predicted octanol–water partition coefficient (Wildman–Crippen LogP) is 2.92. The Hall–Kier alpha value is -0.810. The van der Waals surface area contributed by atoms with Crippen molar-refractivity contribution in [3.63, 3.8) is 0 Å². The summed E-state index contributed by atoms with van der Waals surface area (Å²) in [4.78, 5) is 4.22. The Morgan fingerprint density at radius 1 is 1.33 bits per heavy atom. The molecular formula is C13H20BrN3O. The van der Waals surface area contributed by atoms with Gasteiger partial charge in [-0.15, -0.1) is 0 Å². The summed E-state index contributed by atoms with van der Waals surface area (Å²) in [5.41, 5.74) is 5.67. The van der Waals surface area contributed by atoms with Crippen LogP contribution in [0.3, 0.4) is 0 Å². The Balaban J connectivity index is 1.97. The molecular weight excluding hydrogens is 294 g/mol. The SMILES string of the molecule is Nc1cnc(NCC2(O)CCCCCC2)c(Br)c1. The standard InChI is InChI=1S/C13H20BrN3O/c14-11-7-10(15)8-16-12(11)17-9-13(18)5-3-1-2-4-6-13/h7-8,18H,1-6,9,15H2,(H,16,17). The Labute approximate surface area is 116 Å². The molecule has 4 nitrogen and oxygen atoms in total. The van der Waals surface area contributed by atoms with Crippen molar-refractivity contribution in [1.82, 2.24) is 4.98 Å². The monoisotopic (exact) mass is 313 g/mol. The van der Waals surface area contributed by atoms with Gasteiger partial charge >= 0.3 is 0 Å². The number of anilines is 2. The van der Waals surface area contributed by atoms with Gasteiger partial charge in [0.25, 0.3) is 0 Å². The van der Waals surface area contributed by atoms with Crippen LogP contribution in [0.5, 0.6) is 0 Å². The van der Waals surface area contributed by atoms with Gasteiger partial charge in [0, 0.05) is 6.54 Å². The molecule has 1 saturated carbocycles. The lowest BCUT2D eigenvalue weighted by Crippen LogP contribution is -2.36. The maximum absolute atomic E-state index is 10.5. The van der Waals surface area contributed by atoms with Crippen molar-refractivity contribution in [3.8, 4) is 0 Å². The van der Waals surface area contributed by atoms with Crippen LogP contribution in [0.4, 0.5) is 11.5 Å². The number of hydrogen-bond acceptors (Lipinski definition) is 4. The lowest BCUT2D eigenvalue weighted by Gasteiger charge is -2.27. The van der Waals surface area contributed by atoms with E-state index in [0.717, 1.165) is 36.0 Å². The number of nitrogen functional groups attached to an aromatic ring is 1. The number of aliphatic hydroxyl groups is 1. The minimum absolute atomic E-state index is 0.544. The summed E-state index contributed by atoms with van der Waals surface area (Å²) >= 11 is 3.42. The molecule has 0 bridgehead atoms. The van der Waals surface area contributed by atoms with Gasteiger partial charge in [0.1, 0.15) is 5.82 Å². The first-order chi connectivity index (χ1) is 8.59. The normalized spacial score (nSPS) is 19.2. The van der Waals surface area contributed by atoms with Crippen molar-refractivity contribution in [1.29, 1.82) is 0 Å². The van der Waals surface area contributed by atoms with E-state index in [1.54, 1.807) is 6.20 Å². The smallest absolute Gasteiger partial charge is 0.140 e. The molecule has 5 heteroatoms. The molecule has 1 aliphatic carbocycles. The molecule has 2 rings (SSSR count). The lowest BCUT2D eigenvalue weighted by molar-refractivity contribution is 0.0380. The van der Waals surface area contributed by atoms with Crippen LogP contribution in [0, 0.1) is 0 Å². The van der Waals surface area contributed by atoms with Gasteiger partial charge in [0.2, 0.25) is 0 Å². The molecule has 0 radical (unpaired) electrons. The average molecular weight is 314 g/mol. The third-order valence-electron chi connectivity index (χ3n) is 3.48. The summed E-state index contributed by atoms with van der Waals surface area (Å²) in [6.45, 7) is 0.544. The second-order valence-corrected chi connectivity index (χ2v) is 5.95. The number of hydrogen-bond donors (Lipinski definition) is 3. The van der Waals surface area contributed by atoms with E-state index >= 15 is 0 Å². The third kappa shape index (κ3) is 3.59. The number of nitrogens with two attached hydrogens (primary N) is 1. The van der Waals surface area contributed by atoms with E-state index in [4.69, 9.17) is 5.73 Å². The topological polar surface area (TPSA) is 71.2 Å². The van der Waals surface area contributed by atoms with E-state index in [-0.39, 0.29) is 0 Å². The van der Waals surface area contributed by atoms with Crippen LogP contribution in [-0.2, 0) is 0 Å². The number of nitrogens with one attached hydrogen (secondary N) is 1. The lowest BCUT2D eigenvalue weighted by atomic mass is 9.94. The molecule has 0 spiro atoms. The highest BCUT2D eigenvalue weighted by atomic mass is 79.9. The molecule has 0 atom stereocenters. The van der Waals surface area contributed by atoms with Gasteiger partial charge < -0.3 is 16.2 Å². The molecule has 1 fully saturated rings. The summed E-state index contributed by atoms with van der Waals surface area (Å²) < 4.78 is 0.833. The summed E-state index contributed by atoms with van der Waals surface area (Å²) in [6.07, 6.45) is 8.02. The van der Waals surface area contributed by atoms with E-state index in [1.165, 1.54) is 12.8 Å². The van der Waals surface area contributed by atoms with E-state index in [2.05, 4.69) is 26.2 Å². The van der Waals surface area contributed by atoms with Gasteiger partial charge in [-0.05, 0) is 34.8 Å². The largest absolute Gasteiger partial charge is 0.397 e. The molecule has 1 aromatic rings. The molecule has 100 valence electrons. The van der Waals surface area contributed by atoms with Crippen LogP contribution in [0.25, 0.3) is 0 Å². The number of rotatable bonds is 3. The van der Waals surface area contributed by atoms with Gasteiger partial charge in [0.15, 0.2) is 0 Å². The maximum Gasteiger partial charge on any atom is 0.140 e. The Bertz CT molecular complexity index is 403. The molecule has 4 N–H and O–H groups in total. The van der Waals surface area contributed by atoms with Gasteiger partial charge in [-0.3, -0.25) is 0 Å². The average Bonchev–Trinajstić information content (AvgIpc) is 2.54. The fraction of sp³-hybridized carbons (Fsp3) is 0.615. The Morgan fingerprint density at radius 3 is 2.61 bits per heavy atom. The first-order valence-electron chi connectivity index (χ1n) is 6.46. The Morgan fingerprint density at radius 2 is 2.00 bits per heavy atom. The summed E-state index contributed by atoms with van der Waals surface area (Å²) in [5.74, 6) is 0.738. The van der Waals surface area contributed by atoms with Crippen molar-refractivity contribution < 1.29 is 5.11 Å². The highest BCUT2D eigenvalue weighted by Gasteiger charge is 2.27. The minimum atomic E-state index is -0.598. The van der Waals surface area contributed by atoms with Crippen LogP contribution in [0.1, 0.15) is 38.5 Å². The molecule has 1 heterocycles. The highest BCUT2D eigenvalue weighted by molar-refractivity contribution is 9.10. The first kappa shape index (κ1) is 13.6. The first-order valence-corrected chi connectivity index (χ1v) is 7.26. The van der Waals surface area contributed by atoms with Crippen LogP contribution >= 0.6 is 15.9 Å². The zero-order chi connectivity index (χ0) is 13.0. The number of pyridine rings is 1. The van der Waals surface area contributed by atoms with Crippen molar-refractivity contribution in [2.45, 2.75) is 44.1 Å². The maximum atomic E-state index is 10.5. The quantitative estimate of drug-likeness (QED) is 0.750. The van der Waals surface area contributed by atoms with Gasteiger partial charge in [-0.25, -0.2) is 4.98 Å². The highest BCUT2D eigenvalue weighted by Crippen LogP contribution is 2.28. The Kier molecular flexibility index (Phi) is 4.45. The van der Waals surface area contributed by atoms with E-state index < -0.39 is 5.60 Å². The number of aromatic nitrogens is 1. The molecule has 0 saturated heterocycles. The van der Waals surface area contributed by atoms with E-state index in [1.807, 2.05) is 6.07 Å². The molecule has 1 aromatic heterocycles. The zero-order valence-corrected chi connectivity index (χ0v) is 12.0. The summed E-state index contributed by atoms with van der Waals surface area (Å²) in [7, 11) is 0. The van der Waals surface area contributed by atoms with Crippen LogP contribution in [0.2, 0.25) is 0 Å². The van der Waals surface area contributed by atoms with Crippen molar-refractivity contribution in [2.24, 2.45) is 0 Å². The fourth-order valence-corrected chi connectivity index (χ4v) is 2.90. The van der Waals surface area contributed by atoms with Crippen LogP contribution in [-0.4, -0.2) is 22.2 Å². The molecule has 0 unspecified atom stereocenters. The minimum Gasteiger partial charge on any atom is -0.397 e. The second-order valence-electron chi connectivity index (χ2n) is 5.09. The number of nitrogens with zero attached hydrogens (tertiary/aromatic N) is 1.